The Morgan fingerprint density at radius 2 is 1.91 bits per heavy atom. The summed E-state index contributed by atoms with van der Waals surface area (Å²) in [7, 11) is 1.37. The van der Waals surface area contributed by atoms with Gasteiger partial charge in [-0.05, 0) is 51.9 Å². The Hall–Kier alpha value is -4.53. The molecule has 4 heterocycles. The standard InChI is InChI=1S/C24H18N6O3/c1-32-23(31)15-10-8-14(9-11-15)22-19-20(17-6-2-3-7-18(17)33-22)26-24-27-28-29-30(24)21(19)16-5-4-12-25-13-16/h2-13,21-22H,1H3,(H,26,27,29)/t21-,22-/m0/s1. The fourth-order valence-corrected chi connectivity index (χ4v) is 4.38. The number of hydrogen-bond donors (Lipinski definition) is 1. The average Bonchev–Trinajstić information content (AvgIpc) is 3.35. The zero-order valence-corrected chi connectivity index (χ0v) is 17.5. The number of pyridine rings is 1. The van der Waals surface area contributed by atoms with E-state index in [-0.39, 0.29) is 12.0 Å². The number of benzene rings is 2. The Bertz CT molecular complexity index is 1380. The molecule has 0 unspecified atom stereocenters. The number of carbonyl (C=O) groups excluding carboxylic acids is 1. The van der Waals surface area contributed by atoms with E-state index in [0.717, 1.165) is 33.7 Å². The predicted molar refractivity (Wildman–Crippen MR) is 118 cm³/mol. The molecule has 4 aromatic rings. The number of ether oxygens (including phenoxy) is 2. The molecule has 2 aromatic heterocycles. The molecule has 2 aliphatic heterocycles. The van der Waals surface area contributed by atoms with Gasteiger partial charge in [-0.25, -0.2) is 4.79 Å². The van der Waals surface area contributed by atoms with Crippen LogP contribution >= 0.6 is 0 Å². The number of nitrogens with one attached hydrogen (secondary N) is 1. The number of methoxy groups -OCH3 is 1. The molecule has 33 heavy (non-hydrogen) atoms. The summed E-state index contributed by atoms with van der Waals surface area (Å²) in [5, 5.41) is 15.7. The van der Waals surface area contributed by atoms with Gasteiger partial charge in [0, 0.05) is 23.5 Å². The molecule has 2 aromatic carbocycles. The van der Waals surface area contributed by atoms with E-state index in [1.807, 2.05) is 54.7 Å². The van der Waals surface area contributed by atoms with Crippen LogP contribution in [0.1, 0.15) is 39.2 Å². The number of tetrazole rings is 1. The third kappa shape index (κ3) is 3.05. The number of hydrogen-bond acceptors (Lipinski definition) is 8. The van der Waals surface area contributed by atoms with Crippen molar-refractivity contribution in [3.8, 4) is 5.75 Å². The van der Waals surface area contributed by atoms with Crippen LogP contribution in [0.2, 0.25) is 0 Å². The van der Waals surface area contributed by atoms with Gasteiger partial charge in [0.2, 0.25) is 5.95 Å². The molecule has 0 aliphatic carbocycles. The third-order valence-electron chi connectivity index (χ3n) is 5.88. The highest BCUT2D eigenvalue weighted by atomic mass is 16.5. The highest BCUT2D eigenvalue weighted by Gasteiger charge is 2.41. The fourth-order valence-electron chi connectivity index (χ4n) is 4.38. The van der Waals surface area contributed by atoms with Gasteiger partial charge in [-0.1, -0.05) is 35.4 Å². The van der Waals surface area contributed by atoms with E-state index in [1.165, 1.54) is 7.11 Å². The van der Waals surface area contributed by atoms with E-state index >= 15 is 0 Å². The van der Waals surface area contributed by atoms with Gasteiger partial charge in [0.15, 0.2) is 0 Å². The largest absolute Gasteiger partial charge is 0.480 e. The summed E-state index contributed by atoms with van der Waals surface area (Å²) in [6.07, 6.45) is 3.09. The fraction of sp³-hybridized carbons (Fsp3) is 0.125. The maximum absolute atomic E-state index is 11.9. The maximum atomic E-state index is 11.9. The molecule has 9 heteroatoms. The topological polar surface area (TPSA) is 104 Å². The summed E-state index contributed by atoms with van der Waals surface area (Å²) in [6.45, 7) is 0. The number of carbonyl (C=O) groups is 1. The van der Waals surface area contributed by atoms with Crippen molar-refractivity contribution in [1.82, 2.24) is 25.2 Å². The Kier molecular flexibility index (Phi) is 4.39. The molecule has 0 saturated carbocycles. The van der Waals surface area contributed by atoms with E-state index in [0.29, 0.717) is 11.5 Å². The number of rotatable bonds is 3. The molecule has 0 radical (unpaired) electrons. The molecule has 0 amide bonds. The lowest BCUT2D eigenvalue weighted by molar-refractivity contribution is 0.0600. The summed E-state index contributed by atoms with van der Waals surface area (Å²) >= 11 is 0. The summed E-state index contributed by atoms with van der Waals surface area (Å²) in [6, 6.07) is 18.6. The Balaban J connectivity index is 1.56. The van der Waals surface area contributed by atoms with Crippen LogP contribution in [0, 0.1) is 0 Å². The third-order valence-corrected chi connectivity index (χ3v) is 5.88. The van der Waals surface area contributed by atoms with Crippen LogP contribution < -0.4 is 10.1 Å². The zero-order valence-electron chi connectivity index (χ0n) is 17.5. The molecule has 0 fully saturated rings. The maximum Gasteiger partial charge on any atom is 0.337 e. The first-order valence-corrected chi connectivity index (χ1v) is 10.4. The van der Waals surface area contributed by atoms with Crippen LogP contribution in [0.25, 0.3) is 5.70 Å². The van der Waals surface area contributed by atoms with Crippen LogP contribution in [-0.2, 0) is 4.74 Å². The quantitative estimate of drug-likeness (QED) is 0.485. The molecule has 162 valence electrons. The monoisotopic (exact) mass is 438 g/mol. The van der Waals surface area contributed by atoms with Gasteiger partial charge in [0.25, 0.3) is 0 Å². The molecule has 6 rings (SSSR count). The van der Waals surface area contributed by atoms with Gasteiger partial charge < -0.3 is 14.8 Å². The molecule has 0 spiro atoms. The first-order chi connectivity index (χ1) is 16.2. The minimum atomic E-state index is -0.448. The summed E-state index contributed by atoms with van der Waals surface area (Å²) in [5.74, 6) is 0.901. The van der Waals surface area contributed by atoms with Crippen molar-refractivity contribution in [2.24, 2.45) is 0 Å². The average molecular weight is 438 g/mol. The highest BCUT2D eigenvalue weighted by Crippen LogP contribution is 2.50. The Morgan fingerprint density at radius 1 is 1.06 bits per heavy atom. The minimum absolute atomic E-state index is 0.335. The molecule has 0 saturated heterocycles. The zero-order chi connectivity index (χ0) is 22.4. The lowest BCUT2D eigenvalue weighted by Gasteiger charge is -2.38. The van der Waals surface area contributed by atoms with Crippen LogP contribution in [0.15, 0.2) is 78.6 Å². The normalized spacial score (nSPS) is 18.3. The van der Waals surface area contributed by atoms with Crippen LogP contribution in [0.5, 0.6) is 5.75 Å². The van der Waals surface area contributed by atoms with Gasteiger partial charge >= 0.3 is 5.97 Å². The van der Waals surface area contributed by atoms with Crippen molar-refractivity contribution in [3.05, 3.63) is 101 Å². The highest BCUT2D eigenvalue weighted by molar-refractivity contribution is 5.89. The van der Waals surface area contributed by atoms with Crippen LogP contribution in [-0.4, -0.2) is 38.3 Å². The SMILES string of the molecule is COC(=O)c1ccc([C@@H]2Oc3ccccc3C3=C2[C@H](c2cccnc2)n2nnnc2N3)cc1. The van der Waals surface area contributed by atoms with Gasteiger partial charge in [0.1, 0.15) is 17.9 Å². The predicted octanol–water partition coefficient (Wildman–Crippen LogP) is 3.41. The first-order valence-electron chi connectivity index (χ1n) is 10.4. The van der Waals surface area contributed by atoms with Gasteiger partial charge in [-0.3, -0.25) is 4.98 Å². The Labute approximate surface area is 188 Å². The van der Waals surface area contributed by atoms with E-state index in [4.69, 9.17) is 9.47 Å². The van der Waals surface area contributed by atoms with Crippen molar-refractivity contribution >= 4 is 17.6 Å². The van der Waals surface area contributed by atoms with Gasteiger partial charge in [-0.2, -0.15) is 4.68 Å². The number of anilines is 1. The molecule has 2 aliphatic rings. The number of esters is 1. The second-order valence-electron chi connectivity index (χ2n) is 7.70. The number of aromatic nitrogens is 5. The number of para-hydroxylation sites is 1. The van der Waals surface area contributed by atoms with Gasteiger partial charge in [-0.15, -0.1) is 0 Å². The van der Waals surface area contributed by atoms with Crippen LogP contribution in [0.4, 0.5) is 5.95 Å². The molecule has 2 atom stereocenters. The van der Waals surface area contributed by atoms with Crippen molar-refractivity contribution < 1.29 is 14.3 Å². The summed E-state index contributed by atoms with van der Waals surface area (Å²) in [4.78, 5) is 16.3. The summed E-state index contributed by atoms with van der Waals surface area (Å²) < 4.78 is 13.1. The lowest BCUT2D eigenvalue weighted by atomic mass is 9.85. The number of nitrogens with zero attached hydrogens (tertiary/aromatic N) is 5. The number of fused-ring (bicyclic) bond motifs is 3. The summed E-state index contributed by atoms with van der Waals surface area (Å²) in [5.41, 5.74) is 5.07. The second-order valence-corrected chi connectivity index (χ2v) is 7.70. The van der Waals surface area contributed by atoms with E-state index in [9.17, 15) is 4.79 Å². The van der Waals surface area contributed by atoms with Crippen molar-refractivity contribution in [2.45, 2.75) is 12.1 Å². The molecular formula is C24H18N6O3. The molecule has 9 nitrogen and oxygen atoms in total. The van der Waals surface area contributed by atoms with Crippen LogP contribution in [0.3, 0.4) is 0 Å². The van der Waals surface area contributed by atoms with Gasteiger partial charge in [0.05, 0.1) is 18.4 Å². The lowest BCUT2D eigenvalue weighted by Crippen LogP contribution is -2.32. The Morgan fingerprint density at radius 3 is 2.70 bits per heavy atom. The van der Waals surface area contributed by atoms with E-state index in [1.54, 1.807) is 23.0 Å². The smallest absolute Gasteiger partial charge is 0.337 e. The minimum Gasteiger partial charge on any atom is -0.480 e. The second kappa shape index (κ2) is 7.56. The molecular weight excluding hydrogens is 420 g/mol. The molecule has 0 bridgehead atoms. The first kappa shape index (κ1) is 19.2. The van der Waals surface area contributed by atoms with Crippen molar-refractivity contribution in [2.75, 3.05) is 12.4 Å². The van der Waals surface area contributed by atoms with Crippen molar-refractivity contribution in [1.29, 1.82) is 0 Å². The van der Waals surface area contributed by atoms with E-state index < -0.39 is 6.10 Å². The van der Waals surface area contributed by atoms with Crippen molar-refractivity contribution in [3.63, 3.8) is 0 Å². The molecule has 1 N–H and O–H groups in total. The van der Waals surface area contributed by atoms with E-state index in [2.05, 4.69) is 25.8 Å².